The normalized spacial score (nSPS) is 8.60. The van der Waals surface area contributed by atoms with E-state index < -0.39 is 0 Å². The van der Waals surface area contributed by atoms with Crippen molar-refractivity contribution in [1.29, 1.82) is 0 Å². The van der Waals surface area contributed by atoms with E-state index in [1.165, 1.54) is 5.56 Å². The van der Waals surface area contributed by atoms with Gasteiger partial charge in [0.25, 0.3) is 0 Å². The SMILES string of the molecule is Cc1ccc([NH-])c(C)c1.[Ac]. The van der Waals surface area contributed by atoms with Gasteiger partial charge < -0.3 is 5.73 Å². The Kier molecular flexibility index (Phi) is 4.56. The quantitative estimate of drug-likeness (QED) is 0.689. The predicted octanol–water partition coefficient (Wildman–Crippen LogP) is 2.99. The van der Waals surface area contributed by atoms with Crippen LogP contribution in [0.2, 0.25) is 0 Å². The molecule has 1 nitrogen and oxygen atoms in total. The Bertz CT molecular complexity index is 220. The Hall–Kier alpha value is 0.462. The van der Waals surface area contributed by atoms with Gasteiger partial charge in [-0.1, -0.05) is 29.3 Å². The third kappa shape index (κ3) is 2.60. The molecule has 0 atom stereocenters. The molecule has 1 aromatic carbocycles. The molecular formula is C8H10AcN-. The van der Waals surface area contributed by atoms with Crippen LogP contribution in [0.25, 0.3) is 5.73 Å². The Morgan fingerprint density at radius 2 is 1.80 bits per heavy atom. The van der Waals surface area contributed by atoms with E-state index >= 15 is 0 Å². The molecule has 0 amide bonds. The second-order valence-electron chi connectivity index (χ2n) is 2.32. The van der Waals surface area contributed by atoms with Crippen LogP contribution in [0.15, 0.2) is 18.2 Å². The van der Waals surface area contributed by atoms with Crippen LogP contribution in [-0.2, 0) is 0 Å². The fourth-order valence-electron chi connectivity index (χ4n) is 0.814. The Morgan fingerprint density at radius 1 is 1.20 bits per heavy atom. The molecule has 0 aliphatic heterocycles. The largest absolute Gasteiger partial charge is 0.699 e. The summed E-state index contributed by atoms with van der Waals surface area (Å²) in [5, 5.41) is 0. The summed E-state index contributed by atoms with van der Waals surface area (Å²) >= 11 is 0. The zero-order chi connectivity index (χ0) is 6.85. The monoisotopic (exact) mass is 347 g/mol. The number of rotatable bonds is 0. The van der Waals surface area contributed by atoms with E-state index in [2.05, 4.69) is 0 Å². The maximum absolute atomic E-state index is 7.32. The van der Waals surface area contributed by atoms with Crippen molar-refractivity contribution in [2.75, 3.05) is 0 Å². The van der Waals surface area contributed by atoms with Gasteiger partial charge in [-0.05, 0) is 13.8 Å². The molecule has 0 saturated heterocycles. The van der Waals surface area contributed by atoms with Crippen molar-refractivity contribution in [3.63, 3.8) is 0 Å². The Labute approximate surface area is 97.6 Å². The van der Waals surface area contributed by atoms with Crippen LogP contribution < -0.4 is 0 Å². The zero-order valence-electron chi connectivity index (χ0n) is 6.31. The minimum absolute atomic E-state index is 0. The second kappa shape index (κ2) is 4.36. The average molecular weight is 347 g/mol. The van der Waals surface area contributed by atoms with E-state index in [1.807, 2.05) is 32.0 Å². The first-order chi connectivity index (χ1) is 4.20. The standard InChI is InChI=1S/C8H10N.Ac/c1-6-3-4-8(9)7(2)5-6;/h3-5,9H,1-2H3;/q-1;. The molecule has 0 fully saturated rings. The van der Waals surface area contributed by atoms with Crippen LogP contribution in [0.3, 0.4) is 0 Å². The number of nitrogens with one attached hydrogen (secondary N) is 1. The van der Waals surface area contributed by atoms with Gasteiger partial charge in [0.1, 0.15) is 0 Å². The van der Waals surface area contributed by atoms with E-state index in [-0.39, 0.29) is 44.1 Å². The summed E-state index contributed by atoms with van der Waals surface area (Å²) in [6.45, 7) is 3.99. The van der Waals surface area contributed by atoms with E-state index in [0.717, 1.165) is 5.56 Å². The summed E-state index contributed by atoms with van der Waals surface area (Å²) in [5.41, 5.74) is 10.2. The molecule has 0 aromatic heterocycles. The van der Waals surface area contributed by atoms with Crippen LogP contribution >= 0.6 is 0 Å². The molecule has 0 spiro atoms. The maximum atomic E-state index is 7.32. The van der Waals surface area contributed by atoms with Crippen molar-refractivity contribution >= 4 is 5.69 Å². The summed E-state index contributed by atoms with van der Waals surface area (Å²) in [5.74, 6) is 0. The number of hydrogen-bond donors (Lipinski definition) is 0. The predicted molar refractivity (Wildman–Crippen MR) is 39.9 cm³/mol. The number of aryl methyl sites for hydroxylation is 2. The average Bonchev–Trinajstić information content (AvgIpc) is 1.80. The molecule has 1 radical (unpaired) electrons. The molecular weight excluding hydrogens is 337 g/mol. The van der Waals surface area contributed by atoms with Gasteiger partial charge in [0.15, 0.2) is 0 Å². The molecule has 1 rings (SSSR count). The maximum Gasteiger partial charge on any atom is 0 e. The molecule has 0 heterocycles. The van der Waals surface area contributed by atoms with Crippen LogP contribution in [0.1, 0.15) is 11.1 Å². The van der Waals surface area contributed by atoms with Crippen molar-refractivity contribution in [3.8, 4) is 0 Å². The number of hydrogen-bond acceptors (Lipinski definition) is 0. The summed E-state index contributed by atoms with van der Waals surface area (Å²) in [4.78, 5) is 0. The molecule has 0 aliphatic carbocycles. The van der Waals surface area contributed by atoms with Crippen molar-refractivity contribution in [2.24, 2.45) is 0 Å². The molecule has 2 heteroatoms. The molecule has 10 heavy (non-hydrogen) atoms. The second-order valence-corrected chi connectivity index (χ2v) is 2.32. The molecule has 0 aliphatic rings. The number of benzene rings is 1. The van der Waals surface area contributed by atoms with E-state index in [4.69, 9.17) is 5.73 Å². The third-order valence-corrected chi connectivity index (χ3v) is 1.38. The fourth-order valence-corrected chi connectivity index (χ4v) is 0.814. The van der Waals surface area contributed by atoms with Gasteiger partial charge in [0.05, 0.1) is 0 Å². The van der Waals surface area contributed by atoms with E-state index in [0.29, 0.717) is 5.69 Å². The molecule has 0 unspecified atom stereocenters. The van der Waals surface area contributed by atoms with Gasteiger partial charge >= 0.3 is 0 Å². The minimum atomic E-state index is 0. The van der Waals surface area contributed by atoms with Crippen LogP contribution in [0.4, 0.5) is 5.69 Å². The van der Waals surface area contributed by atoms with Crippen LogP contribution in [0.5, 0.6) is 0 Å². The molecule has 0 saturated carbocycles. The van der Waals surface area contributed by atoms with Crippen LogP contribution in [0, 0.1) is 57.9 Å². The van der Waals surface area contributed by atoms with Gasteiger partial charge in [0.2, 0.25) is 0 Å². The fraction of sp³-hybridized carbons (Fsp3) is 0.250. The molecule has 0 bridgehead atoms. The van der Waals surface area contributed by atoms with Crippen molar-refractivity contribution in [2.45, 2.75) is 13.8 Å². The van der Waals surface area contributed by atoms with E-state index in [9.17, 15) is 0 Å². The first-order valence-corrected chi connectivity index (χ1v) is 2.99. The Balaban J connectivity index is 0.000000810. The smallest absolute Gasteiger partial charge is 0 e. The summed E-state index contributed by atoms with van der Waals surface area (Å²) < 4.78 is 0. The molecule has 1 aromatic rings. The first-order valence-electron chi connectivity index (χ1n) is 2.99. The van der Waals surface area contributed by atoms with Gasteiger partial charge in [-0.2, -0.15) is 0 Å². The van der Waals surface area contributed by atoms with Crippen molar-refractivity contribution < 1.29 is 44.1 Å². The summed E-state index contributed by atoms with van der Waals surface area (Å²) in [6.07, 6.45) is 0. The molecule has 51 valence electrons. The third-order valence-electron chi connectivity index (χ3n) is 1.38. The summed E-state index contributed by atoms with van der Waals surface area (Å²) in [6, 6.07) is 5.79. The van der Waals surface area contributed by atoms with E-state index in [1.54, 1.807) is 0 Å². The Morgan fingerprint density at radius 3 is 2.20 bits per heavy atom. The zero-order valence-corrected chi connectivity index (χ0v) is 11.1. The summed E-state index contributed by atoms with van der Waals surface area (Å²) in [7, 11) is 0. The van der Waals surface area contributed by atoms with Crippen molar-refractivity contribution in [3.05, 3.63) is 35.1 Å². The molecule has 1 N–H and O–H groups in total. The first kappa shape index (κ1) is 10.5. The topological polar surface area (TPSA) is 23.8 Å². The van der Waals surface area contributed by atoms with Crippen molar-refractivity contribution in [1.82, 2.24) is 0 Å². The van der Waals surface area contributed by atoms with Gasteiger partial charge in [-0.3, -0.25) is 0 Å². The minimum Gasteiger partial charge on any atom is -0.699 e. The van der Waals surface area contributed by atoms with Gasteiger partial charge in [0, 0.05) is 44.1 Å². The van der Waals surface area contributed by atoms with Crippen LogP contribution in [-0.4, -0.2) is 0 Å². The van der Waals surface area contributed by atoms with Gasteiger partial charge in [-0.15, -0.1) is 5.69 Å². The van der Waals surface area contributed by atoms with Gasteiger partial charge in [-0.25, -0.2) is 0 Å².